The lowest BCUT2D eigenvalue weighted by molar-refractivity contribution is 0.602. The van der Waals surface area contributed by atoms with Crippen LogP contribution in [0, 0.1) is 6.92 Å². The van der Waals surface area contributed by atoms with E-state index in [0.29, 0.717) is 22.9 Å². The zero-order valence-electron chi connectivity index (χ0n) is 12.6. The Kier molecular flexibility index (Phi) is 3.95. The number of fused-ring (bicyclic) bond motifs is 1. The summed E-state index contributed by atoms with van der Waals surface area (Å²) in [6, 6.07) is 8.05. The molecule has 0 atom stereocenters. The van der Waals surface area contributed by atoms with Gasteiger partial charge < -0.3 is 5.32 Å². The number of aromatic nitrogens is 2. The molecular formula is C15H15N3O3S2. The van der Waals surface area contributed by atoms with E-state index in [1.165, 1.54) is 23.7 Å². The molecule has 0 unspecified atom stereocenters. The fourth-order valence-electron chi connectivity index (χ4n) is 2.22. The Morgan fingerprint density at radius 3 is 2.83 bits per heavy atom. The normalized spacial score (nSPS) is 11.7. The number of hydrogen-bond acceptors (Lipinski definition) is 6. The lowest BCUT2D eigenvalue weighted by Crippen LogP contribution is -2.16. The first kappa shape index (κ1) is 15.7. The molecule has 120 valence electrons. The van der Waals surface area contributed by atoms with E-state index in [1.807, 2.05) is 12.3 Å². The summed E-state index contributed by atoms with van der Waals surface area (Å²) in [7, 11) is -3.25. The Bertz CT molecular complexity index is 1040. The first-order valence-corrected chi connectivity index (χ1v) is 9.62. The average Bonchev–Trinajstić information content (AvgIpc) is 2.86. The zero-order valence-corrected chi connectivity index (χ0v) is 14.2. The second kappa shape index (κ2) is 5.78. The molecule has 0 aliphatic carbocycles. The number of sulfone groups is 1. The lowest BCUT2D eigenvalue weighted by Gasteiger charge is -2.07. The molecule has 6 nitrogen and oxygen atoms in total. The third kappa shape index (κ3) is 3.27. The quantitative estimate of drug-likeness (QED) is 0.780. The third-order valence-corrected chi connectivity index (χ3v) is 5.42. The Hall–Kier alpha value is -2.19. The minimum absolute atomic E-state index is 0.115. The van der Waals surface area contributed by atoms with E-state index >= 15 is 0 Å². The largest absolute Gasteiger partial charge is 0.379 e. The number of anilines is 1. The van der Waals surface area contributed by atoms with Crippen LogP contribution in [-0.4, -0.2) is 24.1 Å². The van der Waals surface area contributed by atoms with Gasteiger partial charge in [0.05, 0.1) is 17.1 Å². The predicted molar refractivity (Wildman–Crippen MR) is 91.0 cm³/mol. The maximum Gasteiger partial charge on any atom is 0.259 e. The molecule has 23 heavy (non-hydrogen) atoms. The molecule has 0 amide bonds. The van der Waals surface area contributed by atoms with Crippen LogP contribution in [0.2, 0.25) is 0 Å². The molecule has 0 aliphatic rings. The van der Waals surface area contributed by atoms with Crippen molar-refractivity contribution in [2.75, 3.05) is 11.6 Å². The fraction of sp³-hybridized carbons (Fsp3) is 0.200. The highest BCUT2D eigenvalue weighted by Gasteiger charge is 2.09. The Balaban J connectivity index is 1.85. The minimum Gasteiger partial charge on any atom is -0.379 e. The highest BCUT2D eigenvalue weighted by Crippen LogP contribution is 2.16. The van der Waals surface area contributed by atoms with Gasteiger partial charge in [-0.05, 0) is 25.1 Å². The molecule has 0 saturated carbocycles. The smallest absolute Gasteiger partial charge is 0.259 e. The van der Waals surface area contributed by atoms with Gasteiger partial charge >= 0.3 is 0 Å². The molecule has 2 aromatic heterocycles. The van der Waals surface area contributed by atoms with Gasteiger partial charge in [0.15, 0.2) is 14.8 Å². The van der Waals surface area contributed by atoms with Crippen molar-refractivity contribution < 1.29 is 8.42 Å². The van der Waals surface area contributed by atoms with E-state index in [2.05, 4.69) is 10.3 Å². The van der Waals surface area contributed by atoms with Crippen molar-refractivity contribution in [2.24, 2.45) is 0 Å². The van der Waals surface area contributed by atoms with E-state index in [-0.39, 0.29) is 10.5 Å². The van der Waals surface area contributed by atoms with Crippen LogP contribution in [0.4, 0.5) is 5.69 Å². The topological polar surface area (TPSA) is 80.5 Å². The molecule has 3 rings (SSSR count). The second-order valence-electron chi connectivity index (χ2n) is 5.23. The molecule has 3 aromatic rings. The molecule has 1 N–H and O–H groups in total. The van der Waals surface area contributed by atoms with E-state index in [9.17, 15) is 13.2 Å². The molecule has 0 spiro atoms. The molecule has 8 heteroatoms. The van der Waals surface area contributed by atoms with Gasteiger partial charge in [0.1, 0.15) is 0 Å². The van der Waals surface area contributed by atoms with Crippen molar-refractivity contribution in [1.29, 1.82) is 0 Å². The first-order valence-electron chi connectivity index (χ1n) is 6.85. The van der Waals surface area contributed by atoms with Gasteiger partial charge in [-0.1, -0.05) is 6.07 Å². The summed E-state index contributed by atoms with van der Waals surface area (Å²) in [4.78, 5) is 17.4. The molecule has 0 bridgehead atoms. The maximum absolute atomic E-state index is 12.1. The van der Waals surface area contributed by atoms with Gasteiger partial charge in [0, 0.05) is 29.1 Å². The highest BCUT2D eigenvalue weighted by molar-refractivity contribution is 7.90. The number of nitrogens with one attached hydrogen (secondary N) is 1. The maximum atomic E-state index is 12.1. The van der Waals surface area contributed by atoms with Crippen LogP contribution in [0.25, 0.3) is 4.96 Å². The van der Waals surface area contributed by atoms with Crippen molar-refractivity contribution in [3.05, 3.63) is 57.5 Å². The van der Waals surface area contributed by atoms with E-state index in [1.54, 1.807) is 28.7 Å². The van der Waals surface area contributed by atoms with Crippen LogP contribution < -0.4 is 10.9 Å². The van der Waals surface area contributed by atoms with Crippen LogP contribution >= 0.6 is 11.3 Å². The van der Waals surface area contributed by atoms with Crippen LogP contribution in [0.3, 0.4) is 0 Å². The molecule has 0 saturated heterocycles. The first-order chi connectivity index (χ1) is 10.8. The number of benzene rings is 1. The van der Waals surface area contributed by atoms with Crippen molar-refractivity contribution >= 4 is 31.8 Å². The number of thiazole rings is 1. The second-order valence-corrected chi connectivity index (χ2v) is 8.09. The summed E-state index contributed by atoms with van der Waals surface area (Å²) in [5.74, 6) is 0. The molecule has 1 aromatic carbocycles. The standard InChI is InChI=1S/C15H15N3O3S2/c1-10-9-22-15-17-12(7-14(19)18(10)15)8-16-11-4-3-5-13(6-11)23(2,20)21/h3-7,9,16H,8H2,1-2H3. The van der Waals surface area contributed by atoms with Crippen molar-refractivity contribution in [2.45, 2.75) is 18.4 Å². The van der Waals surface area contributed by atoms with Gasteiger partial charge in [-0.2, -0.15) is 0 Å². The predicted octanol–water partition coefficient (Wildman–Crippen LogP) is 2.08. The Morgan fingerprint density at radius 2 is 2.09 bits per heavy atom. The summed E-state index contributed by atoms with van der Waals surface area (Å²) in [6.07, 6.45) is 1.17. The summed E-state index contributed by atoms with van der Waals surface area (Å²) in [5.41, 5.74) is 2.03. The van der Waals surface area contributed by atoms with Crippen molar-refractivity contribution in [3.8, 4) is 0 Å². The zero-order chi connectivity index (χ0) is 16.6. The van der Waals surface area contributed by atoms with Crippen molar-refractivity contribution in [1.82, 2.24) is 9.38 Å². The summed E-state index contributed by atoms with van der Waals surface area (Å²) in [5, 5.41) is 4.99. The fourth-order valence-corrected chi connectivity index (χ4v) is 3.78. The summed E-state index contributed by atoms with van der Waals surface area (Å²) < 4.78 is 24.7. The van der Waals surface area contributed by atoms with E-state index < -0.39 is 9.84 Å². The SMILES string of the molecule is Cc1csc2nc(CNc3cccc(S(C)(=O)=O)c3)cc(=O)n12. The molecule has 2 heterocycles. The number of rotatable bonds is 4. The minimum atomic E-state index is -3.25. The number of nitrogens with zero attached hydrogens (tertiary/aromatic N) is 2. The Labute approximate surface area is 137 Å². The van der Waals surface area contributed by atoms with Crippen LogP contribution in [-0.2, 0) is 16.4 Å². The van der Waals surface area contributed by atoms with Crippen LogP contribution in [0.15, 0.2) is 45.4 Å². The monoisotopic (exact) mass is 349 g/mol. The van der Waals surface area contributed by atoms with E-state index in [4.69, 9.17) is 0 Å². The van der Waals surface area contributed by atoms with Crippen molar-refractivity contribution in [3.63, 3.8) is 0 Å². The summed E-state index contributed by atoms with van der Waals surface area (Å²) >= 11 is 1.41. The Morgan fingerprint density at radius 1 is 1.30 bits per heavy atom. The number of hydrogen-bond donors (Lipinski definition) is 1. The van der Waals surface area contributed by atoms with Crippen LogP contribution in [0.5, 0.6) is 0 Å². The molecule has 0 aliphatic heterocycles. The lowest BCUT2D eigenvalue weighted by atomic mass is 10.3. The molecule has 0 radical (unpaired) electrons. The highest BCUT2D eigenvalue weighted by atomic mass is 32.2. The van der Waals surface area contributed by atoms with Crippen LogP contribution in [0.1, 0.15) is 11.4 Å². The van der Waals surface area contributed by atoms with Gasteiger partial charge in [-0.15, -0.1) is 11.3 Å². The number of aryl methyl sites for hydroxylation is 1. The van der Waals surface area contributed by atoms with Gasteiger partial charge in [-0.3, -0.25) is 9.20 Å². The third-order valence-electron chi connectivity index (χ3n) is 3.36. The average molecular weight is 349 g/mol. The van der Waals surface area contributed by atoms with E-state index in [0.717, 1.165) is 5.69 Å². The summed E-state index contributed by atoms with van der Waals surface area (Å²) in [6.45, 7) is 2.21. The molecular weight excluding hydrogens is 334 g/mol. The van der Waals surface area contributed by atoms with Gasteiger partial charge in [0.25, 0.3) is 5.56 Å². The molecule has 0 fully saturated rings. The van der Waals surface area contributed by atoms with Gasteiger partial charge in [-0.25, -0.2) is 13.4 Å². The van der Waals surface area contributed by atoms with Gasteiger partial charge in [0.2, 0.25) is 0 Å².